The normalized spacial score (nSPS) is 8.27. The Kier molecular flexibility index (Phi) is 21.5. The van der Waals surface area contributed by atoms with Crippen LogP contribution in [0.1, 0.15) is 32.6 Å². The molecule has 0 aliphatic rings. The minimum atomic E-state index is 0.827. The van der Waals surface area contributed by atoms with Crippen LogP contribution in [0.4, 0.5) is 0 Å². The highest BCUT2D eigenvalue weighted by Gasteiger charge is 1.76. The lowest BCUT2D eigenvalue weighted by atomic mass is 10.3. The van der Waals surface area contributed by atoms with Crippen LogP contribution in [-0.4, -0.2) is 11.2 Å². The van der Waals surface area contributed by atoms with Crippen molar-refractivity contribution >= 4 is 27.5 Å². The number of unbranched alkanes of at least 4 members (excludes halogenated alkanes) is 2. The van der Waals surface area contributed by atoms with Gasteiger partial charge in [0, 0.05) is 11.2 Å². The molecule has 0 bridgehead atoms. The van der Waals surface area contributed by atoms with E-state index in [1.54, 1.807) is 0 Å². The van der Waals surface area contributed by atoms with Gasteiger partial charge >= 0.3 is 0 Å². The molecule has 0 saturated heterocycles. The maximum Gasteiger partial charge on any atom is 0.0223 e. The van der Waals surface area contributed by atoms with E-state index >= 15 is 0 Å². The van der Waals surface area contributed by atoms with E-state index in [1.807, 2.05) is 6.08 Å². The Balaban J connectivity index is 0. The predicted molar refractivity (Wildman–Crippen MR) is 58.9 cm³/mol. The van der Waals surface area contributed by atoms with Crippen LogP contribution < -0.4 is 0 Å². The molecule has 0 aliphatic heterocycles. The van der Waals surface area contributed by atoms with Crippen molar-refractivity contribution in [3.63, 3.8) is 0 Å². The Hall–Kier alpha value is 0.510. The molecule has 2 heteroatoms. The van der Waals surface area contributed by atoms with Gasteiger partial charge < -0.3 is 0 Å². The Labute approximate surface area is 84.1 Å². The van der Waals surface area contributed by atoms with Gasteiger partial charge in [-0.25, -0.2) is 0 Å². The zero-order chi connectivity index (χ0) is 8.95. The summed E-state index contributed by atoms with van der Waals surface area (Å²) in [6.07, 6.45) is 6.68. The first-order chi connectivity index (χ1) is 5.33. The van der Waals surface area contributed by atoms with E-state index in [0.29, 0.717) is 0 Å². The van der Waals surface area contributed by atoms with Gasteiger partial charge in [0.1, 0.15) is 0 Å². The quantitative estimate of drug-likeness (QED) is 0.381. The largest absolute Gasteiger partial charge is 0.127 e. The van der Waals surface area contributed by atoms with Gasteiger partial charge in [-0.15, -0.1) is 18.2 Å². The van der Waals surface area contributed by atoms with Crippen LogP contribution in [0.25, 0.3) is 0 Å². The molecule has 0 aromatic heterocycles. The molecule has 0 radical (unpaired) electrons. The summed E-state index contributed by atoms with van der Waals surface area (Å²) in [6.45, 7) is 5.69. The van der Waals surface area contributed by atoms with Crippen molar-refractivity contribution in [2.24, 2.45) is 0 Å². The molecule has 0 spiro atoms. The van der Waals surface area contributed by atoms with Crippen LogP contribution in [-0.2, 0) is 0 Å². The van der Waals surface area contributed by atoms with Crippen molar-refractivity contribution < 1.29 is 0 Å². The monoisotopic (exact) mass is 240 g/mol. The highest BCUT2D eigenvalue weighted by Crippen LogP contribution is 1.93. The summed E-state index contributed by atoms with van der Waals surface area (Å²) in [5, 5.41) is 1.04. The van der Waals surface area contributed by atoms with Crippen LogP contribution in [0.5, 0.6) is 0 Å². The van der Waals surface area contributed by atoms with Gasteiger partial charge in [0.05, 0.1) is 0 Å². The lowest BCUT2D eigenvalue weighted by Crippen LogP contribution is -1.70. The first-order valence-electron chi connectivity index (χ1n) is 4.06. The van der Waals surface area contributed by atoms with Crippen LogP contribution in [0.2, 0.25) is 0 Å². The second-order valence-electron chi connectivity index (χ2n) is 2.16. The van der Waals surface area contributed by atoms with Crippen molar-refractivity contribution in [1.82, 2.24) is 0 Å². The van der Waals surface area contributed by atoms with Crippen molar-refractivity contribution in [3.8, 4) is 0 Å². The maximum atomic E-state index is 5.38. The smallest absolute Gasteiger partial charge is 0.0223 e. The van der Waals surface area contributed by atoms with Crippen molar-refractivity contribution in [3.05, 3.63) is 12.7 Å². The fourth-order valence-corrected chi connectivity index (χ4v) is 0.934. The average molecular weight is 242 g/mol. The van der Waals surface area contributed by atoms with Crippen molar-refractivity contribution in [2.45, 2.75) is 32.6 Å². The third-order valence-electron chi connectivity index (χ3n) is 1.05. The summed E-state index contributed by atoms with van der Waals surface area (Å²) in [5.41, 5.74) is 0. The van der Waals surface area contributed by atoms with Gasteiger partial charge in [-0.3, -0.25) is 0 Å². The zero-order valence-corrected chi connectivity index (χ0v) is 9.62. The van der Waals surface area contributed by atoms with E-state index in [-0.39, 0.29) is 0 Å². The standard InChI is InChI=1S/C5H11Cl.C4H7Br/c1-2-3-4-5-6;1-2-3-4-5/h2-5H2,1H3;2H,1,3-4H2. The third-order valence-corrected chi connectivity index (χ3v) is 1.78. The molecule has 0 unspecified atom stereocenters. The fourth-order valence-electron chi connectivity index (χ4n) is 0.422. The molecule has 68 valence electrons. The topological polar surface area (TPSA) is 0 Å². The van der Waals surface area contributed by atoms with E-state index in [4.69, 9.17) is 11.6 Å². The Bertz CT molecular complexity index is 60.6. The number of halogens is 2. The lowest BCUT2D eigenvalue weighted by molar-refractivity contribution is 0.776. The Morgan fingerprint density at radius 1 is 1.45 bits per heavy atom. The van der Waals surface area contributed by atoms with Gasteiger partial charge in [0.2, 0.25) is 0 Å². The highest BCUT2D eigenvalue weighted by atomic mass is 79.9. The van der Waals surface area contributed by atoms with Crippen LogP contribution in [0, 0.1) is 0 Å². The average Bonchev–Trinajstić information content (AvgIpc) is 2.04. The zero-order valence-electron chi connectivity index (χ0n) is 7.28. The molecular formula is C9H18BrCl. The molecule has 0 N–H and O–H groups in total. The lowest BCUT2D eigenvalue weighted by Gasteiger charge is -1.84. The van der Waals surface area contributed by atoms with E-state index in [9.17, 15) is 0 Å². The predicted octanol–water partition coefficient (Wildman–Crippen LogP) is 4.37. The summed E-state index contributed by atoms with van der Waals surface area (Å²) in [4.78, 5) is 0. The first kappa shape index (κ1) is 14.1. The number of allylic oxidation sites excluding steroid dienone is 1. The van der Waals surface area contributed by atoms with Gasteiger partial charge in [-0.2, -0.15) is 0 Å². The summed E-state index contributed by atoms with van der Waals surface area (Å²) >= 11 is 8.62. The fraction of sp³-hybridized carbons (Fsp3) is 0.778. The first-order valence-corrected chi connectivity index (χ1v) is 5.71. The molecule has 0 aliphatic carbocycles. The summed E-state index contributed by atoms with van der Waals surface area (Å²) in [7, 11) is 0. The van der Waals surface area contributed by atoms with E-state index in [2.05, 4.69) is 29.4 Å². The van der Waals surface area contributed by atoms with E-state index in [0.717, 1.165) is 17.6 Å². The van der Waals surface area contributed by atoms with Gasteiger partial charge in [0.15, 0.2) is 0 Å². The third kappa shape index (κ3) is 25.1. The molecule has 0 aromatic rings. The van der Waals surface area contributed by atoms with Gasteiger partial charge in [-0.05, 0) is 12.8 Å². The maximum absolute atomic E-state index is 5.38. The van der Waals surface area contributed by atoms with Gasteiger partial charge in [0.25, 0.3) is 0 Å². The summed E-state index contributed by atoms with van der Waals surface area (Å²) in [6, 6.07) is 0. The minimum Gasteiger partial charge on any atom is -0.127 e. The van der Waals surface area contributed by atoms with Crippen LogP contribution in [0.3, 0.4) is 0 Å². The van der Waals surface area contributed by atoms with Crippen LogP contribution >= 0.6 is 27.5 Å². The molecule has 0 heterocycles. The molecular weight excluding hydrogens is 223 g/mol. The van der Waals surface area contributed by atoms with Gasteiger partial charge in [-0.1, -0.05) is 41.8 Å². The number of hydrogen-bond donors (Lipinski definition) is 0. The molecule has 11 heavy (non-hydrogen) atoms. The Morgan fingerprint density at radius 3 is 2.18 bits per heavy atom. The molecule has 0 saturated carbocycles. The van der Waals surface area contributed by atoms with Crippen LogP contribution in [0.15, 0.2) is 12.7 Å². The molecule has 0 aromatic carbocycles. The molecule has 0 amide bonds. The highest BCUT2D eigenvalue weighted by molar-refractivity contribution is 9.09. The van der Waals surface area contributed by atoms with Crippen molar-refractivity contribution in [1.29, 1.82) is 0 Å². The summed E-state index contributed by atoms with van der Waals surface area (Å²) < 4.78 is 0. The van der Waals surface area contributed by atoms with E-state index in [1.165, 1.54) is 19.3 Å². The SMILES string of the molecule is C=CCCBr.CCCCCCl. The second kappa shape index (κ2) is 16.9. The van der Waals surface area contributed by atoms with Crippen molar-refractivity contribution in [2.75, 3.05) is 11.2 Å². The number of hydrogen-bond acceptors (Lipinski definition) is 0. The summed E-state index contributed by atoms with van der Waals surface area (Å²) in [5.74, 6) is 0.827. The molecule has 0 fully saturated rings. The number of rotatable bonds is 5. The molecule has 0 atom stereocenters. The molecule has 0 nitrogen and oxygen atoms in total. The van der Waals surface area contributed by atoms with E-state index < -0.39 is 0 Å². The molecule has 0 rings (SSSR count). The Morgan fingerprint density at radius 2 is 2.09 bits per heavy atom. The minimum absolute atomic E-state index is 0.827. The number of alkyl halides is 2. The second-order valence-corrected chi connectivity index (χ2v) is 3.33.